The van der Waals surface area contributed by atoms with Crippen LogP contribution in [0.25, 0.3) is 11.3 Å². The summed E-state index contributed by atoms with van der Waals surface area (Å²) in [6.45, 7) is 2.69. The molecule has 4 rings (SSSR count). The zero-order chi connectivity index (χ0) is 20.9. The van der Waals surface area contributed by atoms with E-state index in [1.807, 2.05) is 0 Å². The normalized spacial score (nSPS) is 15.7. The summed E-state index contributed by atoms with van der Waals surface area (Å²) >= 11 is 0. The molecule has 1 amide bonds. The number of hydrogen-bond donors (Lipinski definition) is 2. The van der Waals surface area contributed by atoms with Crippen LogP contribution in [-0.4, -0.2) is 40.2 Å². The first kappa shape index (κ1) is 20.3. The van der Waals surface area contributed by atoms with Crippen LogP contribution in [0.2, 0.25) is 0 Å². The van der Waals surface area contributed by atoms with E-state index >= 15 is 0 Å². The molecule has 1 aliphatic carbocycles. The van der Waals surface area contributed by atoms with Crippen molar-refractivity contribution in [1.29, 1.82) is 0 Å². The minimum atomic E-state index is -0.442. The summed E-state index contributed by atoms with van der Waals surface area (Å²) in [6, 6.07) is 4.47. The second kappa shape index (κ2) is 9.25. The fourth-order valence-corrected chi connectivity index (χ4v) is 4.24. The van der Waals surface area contributed by atoms with Gasteiger partial charge >= 0.3 is 0 Å². The number of ether oxygens (including phenoxy) is 1. The van der Waals surface area contributed by atoms with Crippen molar-refractivity contribution < 1.29 is 14.5 Å². The molecule has 2 aliphatic rings. The van der Waals surface area contributed by atoms with Crippen molar-refractivity contribution in [2.45, 2.75) is 45.3 Å². The van der Waals surface area contributed by atoms with E-state index in [0.717, 1.165) is 24.6 Å². The van der Waals surface area contributed by atoms with E-state index in [4.69, 9.17) is 4.74 Å². The van der Waals surface area contributed by atoms with Crippen LogP contribution in [0.1, 0.15) is 37.7 Å². The van der Waals surface area contributed by atoms with Crippen molar-refractivity contribution in [2.75, 3.05) is 19.6 Å². The summed E-state index contributed by atoms with van der Waals surface area (Å²) in [5.41, 5.74) is 2.08. The number of amides is 1. The molecular weight excluding hydrogens is 386 g/mol. The van der Waals surface area contributed by atoms with Crippen molar-refractivity contribution in [3.63, 3.8) is 0 Å². The molecule has 30 heavy (non-hydrogen) atoms. The van der Waals surface area contributed by atoms with Gasteiger partial charge in [0.2, 0.25) is 5.91 Å². The number of rotatable bonds is 8. The zero-order valence-electron chi connectivity index (χ0n) is 16.9. The van der Waals surface area contributed by atoms with Crippen LogP contribution in [0.3, 0.4) is 0 Å². The summed E-state index contributed by atoms with van der Waals surface area (Å²) in [4.78, 5) is 23.1. The predicted octanol–water partition coefficient (Wildman–Crippen LogP) is 2.64. The molecular formula is C21H27N5O4. The highest BCUT2D eigenvalue weighted by molar-refractivity contribution is 5.79. The number of nitrogens with one attached hydrogen (secondary N) is 2. The van der Waals surface area contributed by atoms with Gasteiger partial charge in [-0.15, -0.1) is 0 Å². The Morgan fingerprint density at radius 1 is 1.27 bits per heavy atom. The van der Waals surface area contributed by atoms with Crippen molar-refractivity contribution >= 4 is 11.6 Å². The van der Waals surface area contributed by atoms with Crippen molar-refractivity contribution in [1.82, 2.24) is 20.4 Å². The van der Waals surface area contributed by atoms with Gasteiger partial charge < -0.3 is 15.4 Å². The third kappa shape index (κ3) is 4.62. The fraction of sp³-hybridized carbons (Fsp3) is 0.524. The average molecular weight is 413 g/mol. The Kier molecular flexibility index (Phi) is 6.27. The quantitative estimate of drug-likeness (QED) is 0.391. The van der Waals surface area contributed by atoms with Crippen LogP contribution in [-0.2, 0) is 17.9 Å². The van der Waals surface area contributed by atoms with Crippen LogP contribution in [0.15, 0.2) is 24.4 Å². The number of aromatic nitrogens is 2. The van der Waals surface area contributed by atoms with Gasteiger partial charge in [0.25, 0.3) is 5.69 Å². The first-order valence-corrected chi connectivity index (χ1v) is 10.6. The second-order valence-electron chi connectivity index (χ2n) is 7.96. The first-order valence-electron chi connectivity index (χ1n) is 10.6. The number of non-ortho nitro benzene ring substituents is 1. The molecule has 9 nitrogen and oxygen atoms in total. The lowest BCUT2D eigenvalue weighted by Gasteiger charge is -2.21. The maximum absolute atomic E-state index is 12.4. The van der Waals surface area contributed by atoms with Gasteiger partial charge in [0.1, 0.15) is 18.9 Å². The highest BCUT2D eigenvalue weighted by Gasteiger charge is 2.25. The van der Waals surface area contributed by atoms with Crippen molar-refractivity contribution in [3.8, 4) is 17.0 Å². The van der Waals surface area contributed by atoms with Gasteiger partial charge in [0.05, 0.1) is 16.8 Å². The van der Waals surface area contributed by atoms with E-state index in [2.05, 4.69) is 15.7 Å². The molecule has 2 aromatic rings. The Hall–Kier alpha value is -2.94. The fourth-order valence-electron chi connectivity index (χ4n) is 4.24. The van der Waals surface area contributed by atoms with Crippen molar-refractivity contribution in [2.24, 2.45) is 5.92 Å². The molecule has 0 spiro atoms. The predicted molar refractivity (Wildman–Crippen MR) is 111 cm³/mol. The van der Waals surface area contributed by atoms with Crippen molar-refractivity contribution in [3.05, 3.63) is 40.1 Å². The highest BCUT2D eigenvalue weighted by atomic mass is 16.6. The topological polar surface area (TPSA) is 111 Å². The lowest BCUT2D eigenvalue weighted by molar-refractivity contribution is -0.384. The maximum Gasteiger partial charge on any atom is 0.270 e. The maximum atomic E-state index is 12.4. The molecule has 0 saturated heterocycles. The monoisotopic (exact) mass is 413 g/mol. The van der Waals surface area contributed by atoms with E-state index in [1.165, 1.54) is 44.2 Å². The van der Waals surface area contributed by atoms with E-state index in [1.54, 1.807) is 16.9 Å². The number of benzene rings is 1. The lowest BCUT2D eigenvalue weighted by atomic mass is 9.89. The van der Waals surface area contributed by atoms with Gasteiger partial charge in [-0.05, 0) is 31.4 Å². The minimum absolute atomic E-state index is 0.0218. The molecule has 160 valence electrons. The highest BCUT2D eigenvalue weighted by Crippen LogP contribution is 2.39. The van der Waals surface area contributed by atoms with Crippen LogP contribution in [0.5, 0.6) is 5.75 Å². The van der Waals surface area contributed by atoms with Gasteiger partial charge in [-0.3, -0.25) is 19.6 Å². The molecule has 2 N–H and O–H groups in total. The summed E-state index contributed by atoms with van der Waals surface area (Å²) in [5, 5.41) is 21.8. The number of nitrogens with zero attached hydrogens (tertiary/aromatic N) is 3. The number of nitro groups is 1. The van der Waals surface area contributed by atoms with Crippen LogP contribution >= 0.6 is 0 Å². The number of nitro benzene ring substituents is 1. The molecule has 1 fully saturated rings. The van der Waals surface area contributed by atoms with Gasteiger partial charge in [0, 0.05) is 36.3 Å². The summed E-state index contributed by atoms with van der Waals surface area (Å²) in [5.74, 6) is 1.18. The Balaban J connectivity index is 1.32. The molecule has 1 aromatic heterocycles. The number of hydrogen-bond acceptors (Lipinski definition) is 6. The van der Waals surface area contributed by atoms with E-state index in [9.17, 15) is 14.9 Å². The molecule has 1 aliphatic heterocycles. The SMILES string of the molecule is O=C(Cn1ncc2c1-c1cc([N+](=O)[O-])ccc1OC2)NCCNCC1CCCCC1. The first-order chi connectivity index (χ1) is 14.6. The summed E-state index contributed by atoms with van der Waals surface area (Å²) in [6.07, 6.45) is 8.26. The number of carbonyl (C=O) groups excluding carboxylic acids is 1. The van der Waals surface area contributed by atoms with Crippen LogP contribution < -0.4 is 15.4 Å². The second-order valence-corrected chi connectivity index (χ2v) is 7.96. The van der Waals surface area contributed by atoms with Gasteiger partial charge in [-0.1, -0.05) is 19.3 Å². The third-order valence-electron chi connectivity index (χ3n) is 5.80. The van der Waals surface area contributed by atoms with Crippen LogP contribution in [0, 0.1) is 16.0 Å². The molecule has 0 radical (unpaired) electrons. The van der Waals surface area contributed by atoms with Gasteiger partial charge in [0.15, 0.2) is 0 Å². The minimum Gasteiger partial charge on any atom is -0.488 e. The molecule has 0 bridgehead atoms. The zero-order valence-corrected chi connectivity index (χ0v) is 16.9. The third-order valence-corrected chi connectivity index (χ3v) is 5.80. The van der Waals surface area contributed by atoms with Crippen LogP contribution in [0.4, 0.5) is 5.69 Å². The Bertz CT molecular complexity index is 920. The smallest absolute Gasteiger partial charge is 0.270 e. The lowest BCUT2D eigenvalue weighted by Crippen LogP contribution is -2.36. The Labute approximate surface area is 174 Å². The van der Waals surface area contributed by atoms with E-state index in [-0.39, 0.29) is 18.1 Å². The molecule has 1 aromatic carbocycles. The largest absolute Gasteiger partial charge is 0.488 e. The molecule has 0 atom stereocenters. The standard InChI is InChI=1S/C21H27N5O4/c27-20(23-9-8-22-11-15-4-2-1-3-5-15)13-25-21-16(12-24-25)14-30-19-7-6-17(26(28)29)10-18(19)21/h6-7,10,12,15,22H,1-5,8-9,11,13-14H2,(H,23,27). The number of carbonyl (C=O) groups is 1. The summed E-state index contributed by atoms with van der Waals surface area (Å²) < 4.78 is 7.25. The molecule has 2 heterocycles. The van der Waals surface area contributed by atoms with Gasteiger partial charge in [-0.2, -0.15) is 5.10 Å². The number of fused-ring (bicyclic) bond motifs is 3. The molecule has 1 saturated carbocycles. The molecule has 0 unspecified atom stereocenters. The van der Waals surface area contributed by atoms with E-state index < -0.39 is 4.92 Å². The van der Waals surface area contributed by atoms with Gasteiger partial charge in [-0.25, -0.2) is 0 Å². The Morgan fingerprint density at radius 2 is 2.10 bits per heavy atom. The molecule has 9 heteroatoms. The Morgan fingerprint density at radius 3 is 2.90 bits per heavy atom. The van der Waals surface area contributed by atoms with E-state index in [0.29, 0.717) is 30.2 Å². The average Bonchev–Trinajstić information content (AvgIpc) is 3.17. The summed E-state index contributed by atoms with van der Waals surface area (Å²) in [7, 11) is 0.